The molecule has 1 aromatic carbocycles. The summed E-state index contributed by atoms with van der Waals surface area (Å²) in [5.41, 5.74) is 2.09. The lowest BCUT2D eigenvalue weighted by atomic mass is 10.1. The predicted molar refractivity (Wildman–Crippen MR) is 133 cm³/mol. The molecule has 0 bridgehead atoms. The minimum absolute atomic E-state index is 0.304. The van der Waals surface area contributed by atoms with Crippen LogP contribution < -0.4 is 19.3 Å². The van der Waals surface area contributed by atoms with E-state index in [-0.39, 0.29) is 5.60 Å². The summed E-state index contributed by atoms with van der Waals surface area (Å²) in [5.74, 6) is 2.80. The molecule has 0 fully saturated rings. The lowest BCUT2D eigenvalue weighted by Gasteiger charge is -2.35. The third-order valence-corrected chi connectivity index (χ3v) is 6.35. The average molecular weight is 443 g/mol. The van der Waals surface area contributed by atoms with Crippen molar-refractivity contribution in [3.8, 4) is 11.5 Å². The maximum Gasteiger partial charge on any atom is 0.188 e. The van der Waals surface area contributed by atoms with Gasteiger partial charge in [-0.25, -0.2) is 0 Å². The second-order valence-corrected chi connectivity index (χ2v) is 10.2. The number of rotatable bonds is 12. The lowest BCUT2D eigenvalue weighted by Crippen LogP contribution is -2.28. The minimum atomic E-state index is -0.304. The smallest absolute Gasteiger partial charge is 0.188 e. The van der Waals surface area contributed by atoms with Crippen LogP contribution in [-0.4, -0.2) is 51.4 Å². The van der Waals surface area contributed by atoms with Gasteiger partial charge < -0.3 is 19.3 Å². The van der Waals surface area contributed by atoms with Crippen LogP contribution in [-0.2, 0) is 0 Å². The van der Waals surface area contributed by atoms with Crippen LogP contribution in [0.3, 0.4) is 0 Å². The topological polar surface area (TPSA) is 24.9 Å². The number of benzene rings is 1. The highest BCUT2D eigenvalue weighted by atomic mass is 32.2. The number of thioether (sulfide) groups is 2. The van der Waals surface area contributed by atoms with Crippen molar-refractivity contribution in [1.29, 1.82) is 0 Å². The summed E-state index contributed by atoms with van der Waals surface area (Å²) in [5, 5.41) is 0. The van der Waals surface area contributed by atoms with Crippen LogP contribution in [0.25, 0.3) is 0 Å². The van der Waals surface area contributed by atoms with Gasteiger partial charge in [-0.15, -0.1) is 23.5 Å². The van der Waals surface area contributed by atoms with Gasteiger partial charge in [0.15, 0.2) is 11.5 Å². The van der Waals surface area contributed by atoms with Gasteiger partial charge in [-0.1, -0.05) is 20.3 Å². The summed E-state index contributed by atoms with van der Waals surface area (Å²) >= 11 is 3.64. The van der Waals surface area contributed by atoms with E-state index in [0.717, 1.165) is 48.9 Å². The van der Waals surface area contributed by atoms with E-state index in [4.69, 9.17) is 9.47 Å². The molecule has 168 valence electrons. The van der Waals surface area contributed by atoms with Crippen molar-refractivity contribution >= 4 is 34.9 Å². The molecule has 0 N–H and O–H groups in total. The third kappa shape index (κ3) is 6.81. The molecule has 0 heterocycles. The van der Waals surface area contributed by atoms with Gasteiger partial charge in [0.25, 0.3) is 0 Å². The molecule has 0 aliphatic carbocycles. The fraction of sp³-hybridized carbons (Fsp3) is 0.739. The highest BCUT2D eigenvalue weighted by Crippen LogP contribution is 2.56. The Morgan fingerprint density at radius 2 is 1.52 bits per heavy atom. The molecule has 0 atom stereocenters. The van der Waals surface area contributed by atoms with E-state index in [1.54, 1.807) is 11.8 Å². The monoisotopic (exact) mass is 442 g/mol. The first-order valence-electron chi connectivity index (χ1n) is 10.8. The molecule has 0 saturated heterocycles. The number of anilines is 2. The zero-order valence-electron chi connectivity index (χ0n) is 20.3. The van der Waals surface area contributed by atoms with Gasteiger partial charge in [0.1, 0.15) is 11.3 Å². The van der Waals surface area contributed by atoms with Crippen LogP contribution in [0.5, 0.6) is 11.5 Å². The van der Waals surface area contributed by atoms with E-state index >= 15 is 0 Å². The van der Waals surface area contributed by atoms with Gasteiger partial charge in [-0.05, 0) is 53.0 Å². The van der Waals surface area contributed by atoms with E-state index in [0.29, 0.717) is 6.61 Å². The van der Waals surface area contributed by atoms with Crippen molar-refractivity contribution in [1.82, 2.24) is 0 Å². The van der Waals surface area contributed by atoms with Gasteiger partial charge in [0.05, 0.1) is 22.1 Å². The molecule has 0 saturated carbocycles. The Hall–Kier alpha value is -0.880. The van der Waals surface area contributed by atoms with Gasteiger partial charge in [-0.2, -0.15) is 0 Å². The Balaban J connectivity index is 3.99. The molecule has 1 aromatic rings. The molecule has 1 rings (SSSR count). The van der Waals surface area contributed by atoms with Gasteiger partial charge in [-0.3, -0.25) is 0 Å². The average Bonchev–Trinajstić information content (AvgIpc) is 2.63. The van der Waals surface area contributed by atoms with Crippen molar-refractivity contribution in [2.24, 2.45) is 0 Å². The molecule has 0 aliphatic rings. The van der Waals surface area contributed by atoms with Crippen LogP contribution in [0.2, 0.25) is 0 Å². The highest BCUT2D eigenvalue weighted by molar-refractivity contribution is 8.02. The molecule has 0 aromatic heterocycles. The van der Waals surface area contributed by atoms with E-state index in [2.05, 4.69) is 78.6 Å². The molecule has 0 spiro atoms. The number of hydrogen-bond acceptors (Lipinski definition) is 6. The quantitative estimate of drug-likeness (QED) is 0.261. The van der Waals surface area contributed by atoms with Crippen molar-refractivity contribution in [2.45, 2.75) is 76.7 Å². The van der Waals surface area contributed by atoms with E-state index < -0.39 is 0 Å². The van der Waals surface area contributed by atoms with Crippen molar-refractivity contribution in [2.75, 3.05) is 55.6 Å². The van der Waals surface area contributed by atoms with Crippen LogP contribution in [0, 0.1) is 0 Å². The first-order valence-corrected chi connectivity index (χ1v) is 13.0. The number of hydrogen-bond donors (Lipinski definition) is 0. The number of unbranched alkanes of at least 4 members (excludes halogenated alkanes) is 1. The normalized spacial score (nSPS) is 11.5. The standard InChI is InChI=1S/C23H42N2O2S2/c1-11-15-16-26-19-17(25(12-2)13-3)18(24(8)9)21(29-14-4)22(28-10)20(19)27-23(5,6)7/h11-16H2,1-10H3. The number of nitrogens with zero attached hydrogens (tertiary/aromatic N) is 2. The van der Waals surface area contributed by atoms with E-state index in [1.165, 1.54) is 15.5 Å². The third-order valence-electron chi connectivity index (χ3n) is 4.45. The molecule has 0 amide bonds. The van der Waals surface area contributed by atoms with Crippen LogP contribution in [0.1, 0.15) is 61.3 Å². The fourth-order valence-corrected chi connectivity index (χ4v) is 5.16. The van der Waals surface area contributed by atoms with Crippen molar-refractivity contribution < 1.29 is 9.47 Å². The molecular formula is C23H42N2O2S2. The van der Waals surface area contributed by atoms with Crippen LogP contribution >= 0.6 is 23.5 Å². The molecule has 0 unspecified atom stereocenters. The first kappa shape index (κ1) is 26.2. The van der Waals surface area contributed by atoms with Crippen molar-refractivity contribution in [3.05, 3.63) is 0 Å². The Bertz CT molecular complexity index is 639. The Morgan fingerprint density at radius 1 is 0.897 bits per heavy atom. The zero-order chi connectivity index (χ0) is 22.2. The molecule has 4 nitrogen and oxygen atoms in total. The van der Waals surface area contributed by atoms with Crippen LogP contribution in [0.15, 0.2) is 9.79 Å². The summed E-state index contributed by atoms with van der Waals surface area (Å²) in [6, 6.07) is 0. The van der Waals surface area contributed by atoms with E-state index in [1.807, 2.05) is 11.8 Å². The van der Waals surface area contributed by atoms with Crippen LogP contribution in [0.4, 0.5) is 11.4 Å². The maximum absolute atomic E-state index is 6.58. The maximum atomic E-state index is 6.58. The molecule has 0 aliphatic heterocycles. The second-order valence-electron chi connectivity index (χ2n) is 8.13. The Kier molecular flexibility index (Phi) is 10.9. The highest BCUT2D eigenvalue weighted by Gasteiger charge is 2.31. The van der Waals surface area contributed by atoms with Crippen molar-refractivity contribution in [3.63, 3.8) is 0 Å². The SMILES string of the molecule is CCCCOc1c(OC(C)(C)C)c(SC)c(SCC)c(N(C)C)c1N(CC)CC. The second kappa shape index (κ2) is 12.1. The summed E-state index contributed by atoms with van der Waals surface area (Å²) < 4.78 is 13.1. The summed E-state index contributed by atoms with van der Waals surface area (Å²) in [4.78, 5) is 7.10. The lowest BCUT2D eigenvalue weighted by molar-refractivity contribution is 0.118. The van der Waals surface area contributed by atoms with E-state index in [9.17, 15) is 0 Å². The summed E-state index contributed by atoms with van der Waals surface area (Å²) in [6.45, 7) is 17.7. The van der Waals surface area contributed by atoms with Gasteiger partial charge in [0, 0.05) is 27.2 Å². The molecular weight excluding hydrogens is 400 g/mol. The number of ether oxygens (including phenoxy) is 2. The molecule has 6 heteroatoms. The predicted octanol–water partition coefficient (Wildman–Crippen LogP) is 6.79. The minimum Gasteiger partial charge on any atom is -0.488 e. The summed E-state index contributed by atoms with van der Waals surface area (Å²) in [6.07, 6.45) is 4.27. The molecule has 0 radical (unpaired) electrons. The van der Waals surface area contributed by atoms with Gasteiger partial charge in [0.2, 0.25) is 0 Å². The van der Waals surface area contributed by atoms with Gasteiger partial charge >= 0.3 is 0 Å². The zero-order valence-corrected chi connectivity index (χ0v) is 21.9. The largest absolute Gasteiger partial charge is 0.488 e. The Labute approximate surface area is 188 Å². The first-order chi connectivity index (χ1) is 13.7. The Morgan fingerprint density at radius 3 is 1.93 bits per heavy atom. The summed E-state index contributed by atoms with van der Waals surface area (Å²) in [7, 11) is 4.26. The molecule has 29 heavy (non-hydrogen) atoms. The fourth-order valence-electron chi connectivity index (χ4n) is 3.20.